The zero-order valence-electron chi connectivity index (χ0n) is 5.85. The number of oxime groups is 1. The molecule has 1 unspecified atom stereocenters. The lowest BCUT2D eigenvalue weighted by atomic mass is 10.1. The smallest absolute Gasteiger partial charge is 0.324 e. The molecule has 0 aliphatic carbocycles. The van der Waals surface area contributed by atoms with Crippen LogP contribution in [0.5, 0.6) is 0 Å². The first-order valence-electron chi connectivity index (χ1n) is 3.09. The molecule has 3 atom stereocenters. The lowest BCUT2D eigenvalue weighted by molar-refractivity contribution is -0.143. The van der Waals surface area contributed by atoms with Gasteiger partial charge in [-0.05, 0) is 0 Å². The minimum atomic E-state index is -1.33. The van der Waals surface area contributed by atoms with Crippen molar-refractivity contribution in [2.45, 2.75) is 18.2 Å². The van der Waals surface area contributed by atoms with Crippen LogP contribution < -0.4 is 5.73 Å². The summed E-state index contributed by atoms with van der Waals surface area (Å²) < 4.78 is 0. The van der Waals surface area contributed by atoms with E-state index in [1.165, 1.54) is 0 Å². The average Bonchev–Trinajstić information content (AvgIpc) is 2.32. The summed E-state index contributed by atoms with van der Waals surface area (Å²) in [6, 6.07) is -1.33. The number of nitrogens with zero attached hydrogens (tertiary/aromatic N) is 1. The summed E-state index contributed by atoms with van der Waals surface area (Å²) in [4.78, 5) is 14.8. The Morgan fingerprint density at radius 2 is 2.42 bits per heavy atom. The maximum atomic E-state index is 10.3. The van der Waals surface area contributed by atoms with Crippen molar-refractivity contribution in [3.05, 3.63) is 0 Å². The molecule has 0 radical (unpaired) electrons. The summed E-state index contributed by atoms with van der Waals surface area (Å²) in [5, 5.41) is 20.6. The molecular weight excluding hydrogens is 188 g/mol. The van der Waals surface area contributed by atoms with Crippen molar-refractivity contribution in [1.29, 1.82) is 0 Å². The van der Waals surface area contributed by atoms with Crippen molar-refractivity contribution in [3.63, 3.8) is 0 Å². The van der Waals surface area contributed by atoms with Crippen molar-refractivity contribution in [2.24, 2.45) is 10.9 Å². The van der Waals surface area contributed by atoms with E-state index in [0.29, 0.717) is 0 Å². The molecule has 0 aromatic rings. The van der Waals surface area contributed by atoms with Crippen LogP contribution >= 0.6 is 11.6 Å². The van der Waals surface area contributed by atoms with E-state index >= 15 is 0 Å². The second kappa shape index (κ2) is 3.26. The Labute approximate surface area is 72.5 Å². The first kappa shape index (κ1) is 9.24. The number of rotatable bonds is 2. The predicted octanol–water partition coefficient (Wildman–Crippen LogP) is -1.29. The quantitative estimate of drug-likeness (QED) is 0.507. The molecule has 0 amide bonds. The van der Waals surface area contributed by atoms with Crippen LogP contribution in [0.4, 0.5) is 0 Å². The van der Waals surface area contributed by atoms with Gasteiger partial charge in [-0.1, -0.05) is 16.8 Å². The lowest BCUT2D eigenvalue weighted by Gasteiger charge is -2.15. The number of nitrogens with two attached hydrogens (primary N) is 1. The highest BCUT2D eigenvalue weighted by Crippen LogP contribution is 2.16. The molecule has 1 heterocycles. The van der Waals surface area contributed by atoms with E-state index in [4.69, 9.17) is 27.5 Å². The Bertz CT molecular complexity index is 231. The van der Waals surface area contributed by atoms with Gasteiger partial charge in [0.05, 0.1) is 0 Å². The molecule has 4 N–H and O–H groups in total. The lowest BCUT2D eigenvalue weighted by Crippen LogP contribution is -2.48. The molecule has 0 saturated carbocycles. The van der Waals surface area contributed by atoms with Crippen molar-refractivity contribution >= 4 is 22.7 Å². The van der Waals surface area contributed by atoms with E-state index in [-0.39, 0.29) is 5.17 Å². The molecule has 12 heavy (non-hydrogen) atoms. The van der Waals surface area contributed by atoms with Crippen LogP contribution in [0.1, 0.15) is 0 Å². The maximum absolute atomic E-state index is 10.3. The Hall–Kier alpha value is -0.850. The second-order valence-electron chi connectivity index (χ2n) is 2.29. The van der Waals surface area contributed by atoms with Gasteiger partial charge in [-0.25, -0.2) is 0 Å². The number of carbonyl (C=O) groups is 1. The van der Waals surface area contributed by atoms with E-state index in [0.717, 1.165) is 0 Å². The van der Waals surface area contributed by atoms with Crippen LogP contribution in [0.15, 0.2) is 5.16 Å². The van der Waals surface area contributed by atoms with Gasteiger partial charge in [0.1, 0.15) is 6.04 Å². The van der Waals surface area contributed by atoms with Gasteiger partial charge in [-0.15, -0.1) is 0 Å². The van der Waals surface area contributed by atoms with Gasteiger partial charge in [0.2, 0.25) is 0 Å². The average molecular weight is 195 g/mol. The summed E-state index contributed by atoms with van der Waals surface area (Å²) in [7, 11) is 0. The SMILES string of the molecule is NC(C(=O)O)[C@H]1ON=C(Cl)[C@H]1O. The largest absolute Gasteiger partial charge is 0.480 e. The Kier molecular flexibility index (Phi) is 2.51. The number of halogens is 1. The molecule has 0 saturated heterocycles. The molecule has 1 aliphatic heterocycles. The third-order valence-electron chi connectivity index (χ3n) is 1.46. The zero-order valence-corrected chi connectivity index (χ0v) is 6.60. The van der Waals surface area contributed by atoms with Crippen LogP contribution in [0, 0.1) is 0 Å². The zero-order chi connectivity index (χ0) is 9.30. The number of aliphatic hydroxyl groups excluding tert-OH is 1. The van der Waals surface area contributed by atoms with Gasteiger partial charge in [0, 0.05) is 0 Å². The van der Waals surface area contributed by atoms with Crippen molar-refractivity contribution < 1.29 is 19.8 Å². The minimum Gasteiger partial charge on any atom is -0.480 e. The number of aliphatic hydroxyl groups is 1. The first-order chi connectivity index (χ1) is 5.54. The summed E-state index contributed by atoms with van der Waals surface area (Å²) in [6.07, 6.45) is -2.35. The van der Waals surface area contributed by atoms with E-state index < -0.39 is 24.2 Å². The van der Waals surface area contributed by atoms with Gasteiger partial charge < -0.3 is 20.8 Å². The van der Waals surface area contributed by atoms with Crippen LogP contribution in [-0.2, 0) is 9.63 Å². The monoisotopic (exact) mass is 194 g/mol. The fourth-order valence-electron chi connectivity index (χ4n) is 0.761. The Morgan fingerprint density at radius 3 is 2.75 bits per heavy atom. The van der Waals surface area contributed by atoms with Gasteiger partial charge >= 0.3 is 5.97 Å². The van der Waals surface area contributed by atoms with E-state index in [1.807, 2.05) is 0 Å². The van der Waals surface area contributed by atoms with Crippen LogP contribution in [-0.4, -0.2) is 39.6 Å². The Morgan fingerprint density at radius 1 is 1.83 bits per heavy atom. The molecule has 6 nitrogen and oxygen atoms in total. The topological polar surface area (TPSA) is 105 Å². The van der Waals surface area contributed by atoms with Crippen molar-refractivity contribution in [3.8, 4) is 0 Å². The number of hydrogen-bond donors (Lipinski definition) is 3. The number of aliphatic carboxylic acids is 1. The second-order valence-corrected chi connectivity index (χ2v) is 2.68. The molecule has 1 aliphatic rings. The molecule has 0 aromatic carbocycles. The van der Waals surface area contributed by atoms with Gasteiger partial charge in [-0.2, -0.15) is 0 Å². The van der Waals surface area contributed by atoms with Crippen molar-refractivity contribution in [1.82, 2.24) is 0 Å². The molecule has 7 heteroatoms. The van der Waals surface area contributed by atoms with Crippen LogP contribution in [0.25, 0.3) is 0 Å². The van der Waals surface area contributed by atoms with Crippen LogP contribution in [0.2, 0.25) is 0 Å². The number of carboxylic acid groups (broad SMARTS) is 1. The minimum absolute atomic E-state index is 0.184. The molecule has 0 bridgehead atoms. The number of hydrogen-bond acceptors (Lipinski definition) is 5. The summed E-state index contributed by atoms with van der Waals surface area (Å²) in [5.74, 6) is -1.28. The van der Waals surface area contributed by atoms with E-state index in [2.05, 4.69) is 9.99 Å². The molecule has 1 rings (SSSR count). The molecule has 0 aromatic heterocycles. The van der Waals surface area contributed by atoms with Gasteiger partial charge in [0.25, 0.3) is 0 Å². The van der Waals surface area contributed by atoms with E-state index in [1.54, 1.807) is 0 Å². The van der Waals surface area contributed by atoms with Gasteiger partial charge in [0.15, 0.2) is 17.4 Å². The fraction of sp³-hybridized carbons (Fsp3) is 0.600. The molecule has 0 spiro atoms. The van der Waals surface area contributed by atoms with Crippen molar-refractivity contribution in [2.75, 3.05) is 0 Å². The summed E-state index contributed by atoms with van der Waals surface area (Å²) in [5.41, 5.74) is 5.16. The highest BCUT2D eigenvalue weighted by Gasteiger charge is 2.39. The highest BCUT2D eigenvalue weighted by atomic mass is 35.5. The fourth-order valence-corrected chi connectivity index (χ4v) is 0.925. The molecular formula is C5H7ClN2O4. The first-order valence-corrected chi connectivity index (χ1v) is 3.47. The third-order valence-corrected chi connectivity index (χ3v) is 1.75. The number of carboxylic acids is 1. The normalized spacial score (nSPS) is 30.8. The van der Waals surface area contributed by atoms with E-state index in [9.17, 15) is 4.79 Å². The Balaban J connectivity index is 2.63. The predicted molar refractivity (Wildman–Crippen MR) is 39.8 cm³/mol. The summed E-state index contributed by atoms with van der Waals surface area (Å²) >= 11 is 5.33. The molecule has 0 fully saturated rings. The third kappa shape index (κ3) is 1.50. The van der Waals surface area contributed by atoms with Crippen LogP contribution in [0.3, 0.4) is 0 Å². The summed E-state index contributed by atoms with van der Waals surface area (Å²) in [6.45, 7) is 0. The molecule has 68 valence electrons. The maximum Gasteiger partial charge on any atom is 0.324 e. The standard InChI is InChI=1S/C5H7ClN2O4/c6-4-2(9)3(12-8-4)1(7)5(10)11/h1-3,9H,7H2,(H,10,11)/t1?,2-,3+/m0/s1. The highest BCUT2D eigenvalue weighted by molar-refractivity contribution is 6.66. The van der Waals surface area contributed by atoms with Gasteiger partial charge in [-0.3, -0.25) is 4.79 Å².